The molecule has 0 radical (unpaired) electrons. The van der Waals surface area contributed by atoms with E-state index in [1.165, 1.54) is 0 Å². The zero-order valence-electron chi connectivity index (χ0n) is 13.4. The van der Waals surface area contributed by atoms with Crippen LogP contribution in [0.15, 0.2) is 52.4 Å². The number of carbonyl (C=O) groups is 1. The van der Waals surface area contributed by atoms with Crippen molar-refractivity contribution >= 4 is 45.9 Å². The highest BCUT2D eigenvalue weighted by atomic mass is 35.5. The molecular weight excluding hydrogens is 403 g/mol. The van der Waals surface area contributed by atoms with Gasteiger partial charge < -0.3 is 10.3 Å². The van der Waals surface area contributed by atoms with E-state index in [1.54, 1.807) is 24.3 Å². The van der Waals surface area contributed by atoms with Gasteiger partial charge in [0.2, 0.25) is 5.91 Å². The van der Waals surface area contributed by atoms with Crippen LogP contribution in [0.5, 0.6) is 0 Å². The van der Waals surface area contributed by atoms with Gasteiger partial charge >= 0.3 is 6.18 Å². The Balaban J connectivity index is 1.74. The minimum absolute atomic E-state index is 0.0616. The Labute approximate surface area is 160 Å². The SMILES string of the molecule is O=C(CSc1nc2ccccc2c(=O)[nH]1)Nc1cc(Cl)ccc1C(F)(F)F. The third kappa shape index (κ3) is 4.61. The van der Waals surface area contributed by atoms with E-state index in [4.69, 9.17) is 11.6 Å². The molecule has 0 saturated heterocycles. The fourth-order valence-electron chi connectivity index (χ4n) is 2.32. The Morgan fingerprint density at radius 2 is 1.96 bits per heavy atom. The summed E-state index contributed by atoms with van der Waals surface area (Å²) in [5.41, 5.74) is -1.33. The molecule has 1 amide bonds. The Bertz CT molecular complexity index is 1070. The smallest absolute Gasteiger partial charge is 0.325 e. The number of halogens is 4. The lowest BCUT2D eigenvalue weighted by Crippen LogP contribution is -2.18. The van der Waals surface area contributed by atoms with Crippen LogP contribution in [0.25, 0.3) is 10.9 Å². The molecule has 10 heteroatoms. The van der Waals surface area contributed by atoms with E-state index < -0.39 is 23.3 Å². The number of anilines is 1. The van der Waals surface area contributed by atoms with Crippen molar-refractivity contribution in [1.82, 2.24) is 9.97 Å². The monoisotopic (exact) mass is 413 g/mol. The van der Waals surface area contributed by atoms with Crippen molar-refractivity contribution in [1.29, 1.82) is 0 Å². The molecule has 3 aromatic rings. The normalized spacial score (nSPS) is 11.6. The maximum Gasteiger partial charge on any atom is 0.418 e. The van der Waals surface area contributed by atoms with E-state index in [2.05, 4.69) is 15.3 Å². The van der Waals surface area contributed by atoms with Crippen LogP contribution in [0, 0.1) is 0 Å². The summed E-state index contributed by atoms with van der Waals surface area (Å²) >= 11 is 6.62. The standard InChI is InChI=1S/C17H11ClF3N3O2S/c18-9-5-6-11(17(19,20)21)13(7-9)22-14(25)8-27-16-23-12-4-2-1-3-10(12)15(26)24-16/h1-7H,8H2,(H,22,25)(H,23,24,26). The van der Waals surface area contributed by atoms with E-state index in [-0.39, 0.29) is 21.5 Å². The van der Waals surface area contributed by atoms with Crippen molar-refractivity contribution < 1.29 is 18.0 Å². The van der Waals surface area contributed by atoms with Gasteiger partial charge in [-0.25, -0.2) is 4.98 Å². The number of H-pyrrole nitrogens is 1. The maximum atomic E-state index is 13.0. The molecule has 1 heterocycles. The first-order valence-electron chi connectivity index (χ1n) is 7.52. The molecule has 2 N–H and O–H groups in total. The predicted molar refractivity (Wildman–Crippen MR) is 98.2 cm³/mol. The molecule has 1 aromatic heterocycles. The molecule has 0 aliphatic carbocycles. The number of hydrogen-bond donors (Lipinski definition) is 2. The Hall–Kier alpha value is -2.52. The van der Waals surface area contributed by atoms with Gasteiger partial charge in [0.05, 0.1) is 27.9 Å². The fourth-order valence-corrected chi connectivity index (χ4v) is 3.16. The first kappa shape index (κ1) is 19.2. The van der Waals surface area contributed by atoms with Crippen molar-refractivity contribution in [2.24, 2.45) is 0 Å². The van der Waals surface area contributed by atoms with Crippen molar-refractivity contribution in [3.63, 3.8) is 0 Å². The summed E-state index contributed by atoms with van der Waals surface area (Å²) in [6.07, 6.45) is -4.63. The van der Waals surface area contributed by atoms with Crippen molar-refractivity contribution in [3.8, 4) is 0 Å². The first-order valence-corrected chi connectivity index (χ1v) is 8.89. The van der Waals surface area contributed by atoms with Gasteiger partial charge in [0.1, 0.15) is 0 Å². The summed E-state index contributed by atoms with van der Waals surface area (Å²) in [5.74, 6) is -0.936. The Morgan fingerprint density at radius 3 is 2.70 bits per heavy atom. The van der Waals surface area contributed by atoms with Crippen LogP contribution in [0.4, 0.5) is 18.9 Å². The third-order valence-corrected chi connectivity index (χ3v) is 4.60. The Morgan fingerprint density at radius 1 is 1.22 bits per heavy atom. The van der Waals surface area contributed by atoms with Crippen LogP contribution >= 0.6 is 23.4 Å². The highest BCUT2D eigenvalue weighted by Gasteiger charge is 2.34. The lowest BCUT2D eigenvalue weighted by molar-refractivity contribution is -0.137. The second kappa shape index (κ2) is 7.61. The highest BCUT2D eigenvalue weighted by Crippen LogP contribution is 2.36. The molecule has 5 nitrogen and oxygen atoms in total. The number of alkyl halides is 3. The summed E-state index contributed by atoms with van der Waals surface area (Å²) in [6.45, 7) is 0. The molecule has 0 spiro atoms. The molecule has 27 heavy (non-hydrogen) atoms. The van der Waals surface area contributed by atoms with E-state index in [1.807, 2.05) is 0 Å². The quantitative estimate of drug-likeness (QED) is 0.493. The highest BCUT2D eigenvalue weighted by molar-refractivity contribution is 7.99. The summed E-state index contributed by atoms with van der Waals surface area (Å²) in [5, 5.41) is 2.85. The number of aromatic amines is 1. The molecule has 0 unspecified atom stereocenters. The largest absolute Gasteiger partial charge is 0.418 e. The van der Waals surface area contributed by atoms with Crippen molar-refractivity contribution in [2.45, 2.75) is 11.3 Å². The van der Waals surface area contributed by atoms with E-state index >= 15 is 0 Å². The number of nitrogens with zero attached hydrogens (tertiary/aromatic N) is 1. The van der Waals surface area contributed by atoms with Gasteiger partial charge in [0, 0.05) is 5.02 Å². The molecular formula is C17H11ClF3N3O2S. The van der Waals surface area contributed by atoms with Crippen LogP contribution < -0.4 is 10.9 Å². The second-order valence-electron chi connectivity index (χ2n) is 5.41. The first-order chi connectivity index (χ1) is 12.7. The number of hydrogen-bond acceptors (Lipinski definition) is 4. The van der Waals surface area contributed by atoms with Gasteiger partial charge in [0.15, 0.2) is 5.16 Å². The zero-order valence-corrected chi connectivity index (χ0v) is 15.0. The lowest BCUT2D eigenvalue weighted by Gasteiger charge is -2.14. The van der Waals surface area contributed by atoms with Gasteiger partial charge in [-0.1, -0.05) is 35.5 Å². The van der Waals surface area contributed by atoms with Crippen molar-refractivity contribution in [2.75, 3.05) is 11.1 Å². The molecule has 0 saturated carbocycles. The number of benzene rings is 2. The minimum Gasteiger partial charge on any atom is -0.325 e. The predicted octanol–water partition coefficient (Wildman–Crippen LogP) is 4.33. The average Bonchev–Trinajstić information content (AvgIpc) is 2.59. The van der Waals surface area contributed by atoms with Gasteiger partial charge in [-0.05, 0) is 30.3 Å². The summed E-state index contributed by atoms with van der Waals surface area (Å²) in [6, 6.07) is 9.60. The molecule has 0 atom stereocenters. The summed E-state index contributed by atoms with van der Waals surface area (Å²) < 4.78 is 39.1. The van der Waals surface area contributed by atoms with E-state index in [9.17, 15) is 22.8 Å². The van der Waals surface area contributed by atoms with Crippen LogP contribution in [0.1, 0.15) is 5.56 Å². The molecule has 0 bridgehead atoms. The Kier molecular flexibility index (Phi) is 5.43. The number of fused-ring (bicyclic) bond motifs is 1. The second-order valence-corrected chi connectivity index (χ2v) is 6.81. The van der Waals surface area contributed by atoms with Gasteiger partial charge in [0.25, 0.3) is 5.56 Å². The summed E-state index contributed by atoms with van der Waals surface area (Å²) in [7, 11) is 0. The van der Waals surface area contributed by atoms with Crippen LogP contribution in [-0.2, 0) is 11.0 Å². The number of rotatable bonds is 4. The number of para-hydroxylation sites is 1. The minimum atomic E-state index is -4.63. The number of aromatic nitrogens is 2. The van der Waals surface area contributed by atoms with Gasteiger partial charge in [-0.2, -0.15) is 13.2 Å². The fraction of sp³-hybridized carbons (Fsp3) is 0.118. The van der Waals surface area contributed by atoms with Gasteiger partial charge in [-0.3, -0.25) is 9.59 Å². The summed E-state index contributed by atoms with van der Waals surface area (Å²) in [4.78, 5) is 30.8. The molecule has 0 fully saturated rings. The molecule has 3 rings (SSSR count). The van der Waals surface area contributed by atoms with Crippen LogP contribution in [0.3, 0.4) is 0 Å². The number of carbonyl (C=O) groups excluding carboxylic acids is 1. The lowest BCUT2D eigenvalue weighted by atomic mass is 10.1. The van der Waals surface area contributed by atoms with E-state index in [0.717, 1.165) is 30.0 Å². The van der Waals surface area contributed by atoms with Gasteiger partial charge in [-0.15, -0.1) is 0 Å². The molecule has 0 aliphatic heterocycles. The molecule has 2 aromatic carbocycles. The zero-order chi connectivity index (χ0) is 19.6. The van der Waals surface area contributed by atoms with Crippen molar-refractivity contribution in [3.05, 3.63) is 63.4 Å². The average molecular weight is 414 g/mol. The van der Waals surface area contributed by atoms with E-state index in [0.29, 0.717) is 10.9 Å². The maximum absolute atomic E-state index is 13.0. The third-order valence-electron chi connectivity index (χ3n) is 3.49. The van der Waals surface area contributed by atoms with Crippen LogP contribution in [-0.4, -0.2) is 21.6 Å². The topological polar surface area (TPSA) is 74.8 Å². The number of nitrogens with one attached hydrogen (secondary N) is 2. The number of thioether (sulfide) groups is 1. The van der Waals surface area contributed by atoms with Crippen LogP contribution in [0.2, 0.25) is 5.02 Å². The number of amides is 1. The molecule has 0 aliphatic rings. The molecule has 140 valence electrons.